The van der Waals surface area contributed by atoms with Crippen molar-refractivity contribution in [1.29, 1.82) is 0 Å². The Hall–Kier alpha value is -1.94. The molecule has 0 amide bonds. The van der Waals surface area contributed by atoms with Crippen molar-refractivity contribution >= 4 is 23.0 Å². The molecule has 0 saturated heterocycles. The number of aryl methyl sites for hydroxylation is 1. The largest absolute Gasteiger partial charge is 0.340 e. The first kappa shape index (κ1) is 10.9. The molecule has 4 heteroatoms. The van der Waals surface area contributed by atoms with Gasteiger partial charge in [-0.1, -0.05) is 18.2 Å². The monoisotopic (exact) mass is 267 g/mol. The number of nitrogens with zero attached hydrogens (tertiary/aromatic N) is 3. The third-order valence-corrected chi connectivity index (χ3v) is 4.45. The maximum absolute atomic E-state index is 4.81. The molecular weight excluding hydrogens is 254 g/mol. The summed E-state index contributed by atoms with van der Waals surface area (Å²) in [6, 6.07) is 0. The van der Waals surface area contributed by atoms with Crippen LogP contribution in [0.4, 0.5) is 0 Å². The first-order chi connectivity index (χ1) is 9.29. The Morgan fingerprint density at radius 2 is 2.37 bits per heavy atom. The molecule has 0 N–H and O–H groups in total. The van der Waals surface area contributed by atoms with Crippen LogP contribution in [0, 0.1) is 0 Å². The van der Waals surface area contributed by atoms with Crippen LogP contribution in [-0.4, -0.2) is 14.5 Å². The highest BCUT2D eigenvalue weighted by Crippen LogP contribution is 2.23. The maximum atomic E-state index is 4.81. The fourth-order valence-electron chi connectivity index (χ4n) is 2.57. The van der Waals surface area contributed by atoms with Crippen LogP contribution in [0.2, 0.25) is 0 Å². The van der Waals surface area contributed by atoms with Crippen LogP contribution >= 0.6 is 11.3 Å². The number of imidazole rings is 1. The summed E-state index contributed by atoms with van der Waals surface area (Å²) in [4.78, 5) is 9.17. The zero-order chi connectivity index (χ0) is 12.8. The van der Waals surface area contributed by atoms with Gasteiger partial charge in [0.05, 0.1) is 26.9 Å². The van der Waals surface area contributed by atoms with Gasteiger partial charge >= 0.3 is 0 Å². The van der Waals surface area contributed by atoms with Crippen LogP contribution in [0.25, 0.3) is 11.6 Å². The van der Waals surface area contributed by atoms with Gasteiger partial charge in [-0.15, -0.1) is 11.3 Å². The Morgan fingerprint density at radius 1 is 1.42 bits per heavy atom. The Balaban J connectivity index is 1.75. The van der Waals surface area contributed by atoms with E-state index in [0.29, 0.717) is 0 Å². The quantitative estimate of drug-likeness (QED) is 0.821. The Labute approximate surface area is 115 Å². The lowest BCUT2D eigenvalue weighted by Crippen LogP contribution is -2.19. The highest BCUT2D eigenvalue weighted by molar-refractivity contribution is 7.09. The molecule has 0 aliphatic heterocycles. The zero-order valence-electron chi connectivity index (χ0n) is 10.6. The number of fused-ring (bicyclic) bond motifs is 2. The molecular formula is C15H13N3S. The van der Waals surface area contributed by atoms with Crippen molar-refractivity contribution in [2.75, 3.05) is 0 Å². The van der Waals surface area contributed by atoms with Crippen molar-refractivity contribution < 1.29 is 0 Å². The molecule has 2 aromatic rings. The standard InChI is InChI=1S/C15H13N3S/c1-18-8-11(16-9-18)7-14-17-15-12-5-3-2-4-10(12)6-13(15)19-14/h2-4,6,8-9H,5,7H2,1H3. The van der Waals surface area contributed by atoms with Gasteiger partial charge in [0.2, 0.25) is 0 Å². The van der Waals surface area contributed by atoms with Crippen molar-refractivity contribution in [2.24, 2.45) is 7.05 Å². The summed E-state index contributed by atoms with van der Waals surface area (Å²) in [6.45, 7) is 0. The van der Waals surface area contributed by atoms with Gasteiger partial charge in [-0.2, -0.15) is 0 Å². The van der Waals surface area contributed by atoms with Crippen molar-refractivity contribution in [2.45, 2.75) is 12.8 Å². The molecule has 19 heavy (non-hydrogen) atoms. The minimum Gasteiger partial charge on any atom is -0.340 e. The number of hydrogen-bond acceptors (Lipinski definition) is 3. The van der Waals surface area contributed by atoms with Crippen molar-refractivity contribution in [1.82, 2.24) is 14.5 Å². The van der Waals surface area contributed by atoms with Crippen LogP contribution < -0.4 is 9.88 Å². The van der Waals surface area contributed by atoms with Gasteiger partial charge in [-0.3, -0.25) is 0 Å². The summed E-state index contributed by atoms with van der Waals surface area (Å²) >= 11 is 1.79. The van der Waals surface area contributed by atoms with Gasteiger partial charge < -0.3 is 4.57 Å². The molecule has 94 valence electrons. The van der Waals surface area contributed by atoms with Gasteiger partial charge in [0.1, 0.15) is 0 Å². The molecule has 0 saturated carbocycles. The fourth-order valence-corrected chi connectivity index (χ4v) is 3.63. The molecule has 0 unspecified atom stereocenters. The normalized spacial score (nSPS) is 16.1. The van der Waals surface area contributed by atoms with Crippen LogP contribution in [0.5, 0.6) is 0 Å². The SMILES string of the molecule is Cn1cnc(Cc2nc3c(s2)=CC2=CC=CCC=32)c1. The van der Waals surface area contributed by atoms with E-state index in [1.54, 1.807) is 11.3 Å². The molecule has 2 aromatic heterocycles. The summed E-state index contributed by atoms with van der Waals surface area (Å²) in [5.41, 5.74) is 3.79. The fraction of sp³-hybridized carbons (Fsp3) is 0.200. The van der Waals surface area contributed by atoms with E-state index in [4.69, 9.17) is 4.98 Å². The van der Waals surface area contributed by atoms with E-state index in [-0.39, 0.29) is 0 Å². The second-order valence-corrected chi connectivity index (χ2v) is 6.02. The van der Waals surface area contributed by atoms with Gasteiger partial charge in [0.25, 0.3) is 0 Å². The van der Waals surface area contributed by atoms with E-state index in [1.807, 2.05) is 17.9 Å². The topological polar surface area (TPSA) is 30.7 Å². The minimum atomic E-state index is 0.828. The van der Waals surface area contributed by atoms with Crippen LogP contribution in [0.3, 0.4) is 0 Å². The zero-order valence-corrected chi connectivity index (χ0v) is 11.4. The van der Waals surface area contributed by atoms with Crippen LogP contribution in [0.1, 0.15) is 17.1 Å². The number of aromatic nitrogens is 3. The molecule has 2 aliphatic rings. The van der Waals surface area contributed by atoms with Crippen molar-refractivity contribution in [3.05, 3.63) is 56.9 Å². The first-order valence-electron chi connectivity index (χ1n) is 6.34. The number of thiazole rings is 1. The summed E-state index contributed by atoms with van der Waals surface area (Å²) in [7, 11) is 1.99. The summed E-state index contributed by atoms with van der Waals surface area (Å²) in [5.74, 6) is 0. The second-order valence-electron chi connectivity index (χ2n) is 4.90. The summed E-state index contributed by atoms with van der Waals surface area (Å²) in [6.07, 6.45) is 14.5. The van der Waals surface area contributed by atoms with Gasteiger partial charge in [0.15, 0.2) is 0 Å². The smallest absolute Gasteiger partial charge is 0.0998 e. The minimum absolute atomic E-state index is 0.828. The van der Waals surface area contributed by atoms with Crippen molar-refractivity contribution in [3.8, 4) is 0 Å². The molecule has 0 spiro atoms. The highest BCUT2D eigenvalue weighted by atomic mass is 32.1. The molecule has 3 nitrogen and oxygen atoms in total. The third kappa shape index (κ3) is 1.79. The molecule has 0 bridgehead atoms. The second kappa shape index (κ2) is 4.03. The van der Waals surface area contributed by atoms with Crippen LogP contribution in [0.15, 0.2) is 36.3 Å². The van der Waals surface area contributed by atoms with Crippen molar-refractivity contribution in [3.63, 3.8) is 0 Å². The van der Waals surface area contributed by atoms with Gasteiger partial charge in [0, 0.05) is 19.7 Å². The molecule has 2 aliphatic carbocycles. The van der Waals surface area contributed by atoms with E-state index >= 15 is 0 Å². The summed E-state index contributed by atoms with van der Waals surface area (Å²) < 4.78 is 3.28. The Morgan fingerprint density at radius 3 is 3.21 bits per heavy atom. The molecule has 4 rings (SSSR count). The van der Waals surface area contributed by atoms with E-state index in [9.17, 15) is 0 Å². The Bertz CT molecular complexity index is 833. The first-order valence-corrected chi connectivity index (χ1v) is 7.16. The predicted molar refractivity (Wildman–Crippen MR) is 77.1 cm³/mol. The lowest BCUT2D eigenvalue weighted by Gasteiger charge is -2.04. The Kier molecular flexibility index (Phi) is 2.32. The summed E-state index contributed by atoms with van der Waals surface area (Å²) in [5, 5.41) is 2.34. The highest BCUT2D eigenvalue weighted by Gasteiger charge is 2.16. The molecule has 0 atom stereocenters. The van der Waals surface area contributed by atoms with E-state index < -0.39 is 0 Å². The third-order valence-electron chi connectivity index (χ3n) is 3.44. The average molecular weight is 267 g/mol. The van der Waals surface area contributed by atoms with Crippen LogP contribution in [-0.2, 0) is 13.5 Å². The van der Waals surface area contributed by atoms with E-state index in [0.717, 1.165) is 23.5 Å². The van der Waals surface area contributed by atoms with E-state index in [2.05, 4.69) is 35.5 Å². The molecule has 0 radical (unpaired) electrons. The predicted octanol–water partition coefficient (Wildman–Crippen LogP) is 1.30. The number of allylic oxidation sites excluding steroid dienone is 4. The number of rotatable bonds is 2. The molecule has 0 aromatic carbocycles. The van der Waals surface area contributed by atoms with E-state index in [1.165, 1.54) is 21.0 Å². The average Bonchev–Trinajstić information content (AvgIpc) is 3.04. The molecule has 0 fully saturated rings. The lowest BCUT2D eigenvalue weighted by atomic mass is 10.0. The van der Waals surface area contributed by atoms with Gasteiger partial charge in [-0.05, 0) is 23.6 Å². The lowest BCUT2D eigenvalue weighted by molar-refractivity contribution is 0.912. The molecule has 2 heterocycles. The number of hydrogen-bond donors (Lipinski definition) is 0. The maximum Gasteiger partial charge on any atom is 0.0998 e. The van der Waals surface area contributed by atoms with Gasteiger partial charge in [-0.25, -0.2) is 9.97 Å².